The van der Waals surface area contributed by atoms with Gasteiger partial charge in [-0.25, -0.2) is 4.79 Å². The van der Waals surface area contributed by atoms with Gasteiger partial charge < -0.3 is 10.1 Å². The van der Waals surface area contributed by atoms with E-state index in [9.17, 15) is 4.79 Å². The second-order valence-corrected chi connectivity index (χ2v) is 5.41. The zero-order chi connectivity index (χ0) is 13.1. The van der Waals surface area contributed by atoms with E-state index >= 15 is 0 Å². The number of anilines is 1. The van der Waals surface area contributed by atoms with Crippen LogP contribution in [0.15, 0.2) is 24.3 Å². The Morgan fingerprint density at radius 2 is 2.06 bits per heavy atom. The fourth-order valence-electron chi connectivity index (χ4n) is 1.49. The number of carbonyl (C=O) groups is 1. The van der Waals surface area contributed by atoms with Crippen molar-refractivity contribution in [2.75, 3.05) is 12.4 Å². The lowest BCUT2D eigenvalue weighted by molar-refractivity contribution is -0.143. The average molecular weight is 256 g/mol. The van der Waals surface area contributed by atoms with Gasteiger partial charge in [-0.05, 0) is 23.6 Å². The van der Waals surface area contributed by atoms with Gasteiger partial charge in [0.25, 0.3) is 0 Å². The molecule has 0 saturated carbocycles. The highest BCUT2D eigenvalue weighted by molar-refractivity contribution is 6.30. The molecule has 0 saturated heterocycles. The first-order valence-corrected chi connectivity index (χ1v) is 5.82. The minimum Gasteiger partial charge on any atom is -0.467 e. The lowest BCUT2D eigenvalue weighted by atomic mass is 9.86. The number of halogens is 1. The zero-order valence-electron chi connectivity index (χ0n) is 10.6. The Labute approximate surface area is 107 Å². The summed E-state index contributed by atoms with van der Waals surface area (Å²) in [6, 6.07) is 6.86. The predicted octanol–water partition coefficient (Wildman–Crippen LogP) is 3.34. The molecule has 1 N–H and O–H groups in total. The van der Waals surface area contributed by atoms with Gasteiger partial charge in [-0.2, -0.15) is 0 Å². The first kappa shape index (κ1) is 13.8. The Kier molecular flexibility index (Phi) is 4.40. The maximum absolute atomic E-state index is 11.7. The van der Waals surface area contributed by atoms with Gasteiger partial charge in [-0.15, -0.1) is 0 Å². The lowest BCUT2D eigenvalue weighted by Gasteiger charge is -2.29. The molecule has 0 spiro atoms. The van der Waals surface area contributed by atoms with Crippen LogP contribution in [-0.4, -0.2) is 19.1 Å². The molecule has 0 aromatic heterocycles. The summed E-state index contributed by atoms with van der Waals surface area (Å²) in [5.74, 6) is -0.280. The SMILES string of the molecule is COC(=O)C(Nc1cccc(Cl)c1)C(C)(C)C. The van der Waals surface area contributed by atoms with E-state index in [2.05, 4.69) is 5.32 Å². The average Bonchev–Trinajstić information content (AvgIpc) is 2.23. The Bertz CT molecular complexity index is 399. The number of carbonyl (C=O) groups excluding carboxylic acids is 1. The van der Waals surface area contributed by atoms with Crippen LogP contribution in [0.4, 0.5) is 5.69 Å². The lowest BCUT2D eigenvalue weighted by Crippen LogP contribution is -2.41. The Hall–Kier alpha value is -1.22. The molecule has 1 atom stereocenters. The van der Waals surface area contributed by atoms with Gasteiger partial charge in [-0.1, -0.05) is 38.4 Å². The maximum atomic E-state index is 11.7. The summed E-state index contributed by atoms with van der Waals surface area (Å²) in [7, 11) is 1.39. The normalized spacial score (nSPS) is 13.0. The molecule has 4 heteroatoms. The second-order valence-electron chi connectivity index (χ2n) is 4.98. The van der Waals surface area contributed by atoms with Gasteiger partial charge in [-0.3, -0.25) is 0 Å². The van der Waals surface area contributed by atoms with Crippen LogP contribution in [-0.2, 0) is 9.53 Å². The van der Waals surface area contributed by atoms with Crippen molar-refractivity contribution in [3.05, 3.63) is 29.3 Å². The van der Waals surface area contributed by atoms with E-state index in [1.165, 1.54) is 7.11 Å². The number of benzene rings is 1. The van der Waals surface area contributed by atoms with E-state index in [0.29, 0.717) is 5.02 Å². The first-order valence-electron chi connectivity index (χ1n) is 5.44. The van der Waals surface area contributed by atoms with Crippen LogP contribution in [0.3, 0.4) is 0 Å². The molecule has 0 aliphatic rings. The third kappa shape index (κ3) is 3.93. The molecule has 17 heavy (non-hydrogen) atoms. The molecule has 0 fully saturated rings. The van der Waals surface area contributed by atoms with Crippen LogP contribution in [0.25, 0.3) is 0 Å². The van der Waals surface area contributed by atoms with E-state index in [1.807, 2.05) is 32.9 Å². The number of hydrogen-bond acceptors (Lipinski definition) is 3. The van der Waals surface area contributed by atoms with Crippen molar-refractivity contribution in [3.63, 3.8) is 0 Å². The standard InChI is InChI=1S/C13H18ClNO2/c1-13(2,3)11(12(16)17-4)15-10-7-5-6-9(14)8-10/h5-8,11,15H,1-4H3. The van der Waals surface area contributed by atoms with Crippen molar-refractivity contribution < 1.29 is 9.53 Å². The van der Waals surface area contributed by atoms with Crippen molar-refractivity contribution in [1.82, 2.24) is 0 Å². The van der Waals surface area contributed by atoms with E-state index in [4.69, 9.17) is 16.3 Å². The quantitative estimate of drug-likeness (QED) is 0.842. The van der Waals surface area contributed by atoms with Crippen molar-refractivity contribution in [2.24, 2.45) is 5.41 Å². The first-order chi connectivity index (χ1) is 7.84. The highest BCUT2D eigenvalue weighted by Crippen LogP contribution is 2.25. The van der Waals surface area contributed by atoms with Gasteiger partial charge in [0.2, 0.25) is 0 Å². The molecule has 0 amide bonds. The second kappa shape index (κ2) is 5.41. The molecule has 1 aromatic carbocycles. The largest absolute Gasteiger partial charge is 0.467 e. The van der Waals surface area contributed by atoms with Gasteiger partial charge >= 0.3 is 5.97 Å². The molecule has 0 heterocycles. The minimum atomic E-state index is -0.411. The monoisotopic (exact) mass is 255 g/mol. The van der Waals surface area contributed by atoms with E-state index in [0.717, 1.165) is 5.69 Å². The molecule has 0 radical (unpaired) electrons. The van der Waals surface area contributed by atoms with Crippen LogP contribution < -0.4 is 5.32 Å². The van der Waals surface area contributed by atoms with Crippen LogP contribution in [0, 0.1) is 5.41 Å². The molecule has 94 valence electrons. The topological polar surface area (TPSA) is 38.3 Å². The number of nitrogens with one attached hydrogen (secondary N) is 1. The predicted molar refractivity (Wildman–Crippen MR) is 70.3 cm³/mol. The fraction of sp³-hybridized carbons (Fsp3) is 0.462. The van der Waals surface area contributed by atoms with Crippen molar-refractivity contribution in [3.8, 4) is 0 Å². The number of rotatable bonds is 3. The van der Waals surface area contributed by atoms with Gasteiger partial charge in [0, 0.05) is 10.7 Å². The smallest absolute Gasteiger partial charge is 0.328 e. The molecule has 1 rings (SSSR count). The summed E-state index contributed by atoms with van der Waals surface area (Å²) in [5, 5.41) is 3.78. The van der Waals surface area contributed by atoms with Crippen LogP contribution in [0.5, 0.6) is 0 Å². The molecule has 1 aromatic rings. The molecular weight excluding hydrogens is 238 g/mol. The highest BCUT2D eigenvalue weighted by Gasteiger charge is 2.32. The zero-order valence-corrected chi connectivity index (χ0v) is 11.3. The molecule has 3 nitrogen and oxygen atoms in total. The van der Waals surface area contributed by atoms with Crippen molar-refractivity contribution in [1.29, 1.82) is 0 Å². The van der Waals surface area contributed by atoms with E-state index in [1.54, 1.807) is 12.1 Å². The van der Waals surface area contributed by atoms with Crippen molar-refractivity contribution >= 4 is 23.3 Å². The summed E-state index contributed by atoms with van der Waals surface area (Å²) >= 11 is 5.90. The number of hydrogen-bond donors (Lipinski definition) is 1. The van der Waals surface area contributed by atoms with Crippen LogP contribution in [0.1, 0.15) is 20.8 Å². The number of esters is 1. The Morgan fingerprint density at radius 1 is 1.41 bits per heavy atom. The van der Waals surface area contributed by atoms with Gasteiger partial charge in [0.05, 0.1) is 7.11 Å². The summed E-state index contributed by atoms with van der Waals surface area (Å²) in [6.45, 7) is 5.93. The van der Waals surface area contributed by atoms with Gasteiger partial charge in [0.1, 0.15) is 6.04 Å². The van der Waals surface area contributed by atoms with Gasteiger partial charge in [0.15, 0.2) is 0 Å². The third-order valence-corrected chi connectivity index (χ3v) is 2.67. The molecule has 1 unspecified atom stereocenters. The van der Waals surface area contributed by atoms with Crippen molar-refractivity contribution in [2.45, 2.75) is 26.8 Å². The Morgan fingerprint density at radius 3 is 2.53 bits per heavy atom. The summed E-state index contributed by atoms with van der Waals surface area (Å²) in [4.78, 5) is 11.7. The number of ether oxygens (including phenoxy) is 1. The molecule has 0 bridgehead atoms. The number of methoxy groups -OCH3 is 1. The fourth-order valence-corrected chi connectivity index (χ4v) is 1.68. The maximum Gasteiger partial charge on any atom is 0.328 e. The minimum absolute atomic E-state index is 0.241. The van der Waals surface area contributed by atoms with Crippen LogP contribution in [0.2, 0.25) is 5.02 Å². The summed E-state index contributed by atoms with van der Waals surface area (Å²) in [5.41, 5.74) is 0.568. The summed E-state index contributed by atoms with van der Waals surface area (Å²) < 4.78 is 4.81. The van der Waals surface area contributed by atoms with E-state index in [-0.39, 0.29) is 11.4 Å². The van der Waals surface area contributed by atoms with E-state index < -0.39 is 6.04 Å². The summed E-state index contributed by atoms with van der Waals surface area (Å²) in [6.07, 6.45) is 0. The molecular formula is C13H18ClNO2. The van der Waals surface area contributed by atoms with Crippen LogP contribution >= 0.6 is 11.6 Å². The molecule has 0 aliphatic carbocycles. The molecule has 0 aliphatic heterocycles. The highest BCUT2D eigenvalue weighted by atomic mass is 35.5. The third-order valence-electron chi connectivity index (χ3n) is 2.44. The Balaban J connectivity index is 2.91.